The number of rotatable bonds is 23. The van der Waals surface area contributed by atoms with Crippen molar-refractivity contribution in [2.75, 3.05) is 11.9 Å². The van der Waals surface area contributed by atoms with Gasteiger partial charge in [-0.15, -0.1) is 0 Å². The van der Waals surface area contributed by atoms with Crippen molar-refractivity contribution in [2.45, 2.75) is 204 Å². The first kappa shape index (κ1) is 68.4. The molecule has 5 aliphatic rings. The third kappa shape index (κ3) is 14.8. The lowest BCUT2D eigenvalue weighted by Crippen LogP contribution is -2.36. The number of nitrogens with zero attached hydrogens (tertiary/aromatic N) is 1. The van der Waals surface area contributed by atoms with Gasteiger partial charge >= 0.3 is 0 Å². The summed E-state index contributed by atoms with van der Waals surface area (Å²) in [5.41, 5.74) is 13.0. The number of phenols is 2. The van der Waals surface area contributed by atoms with Crippen LogP contribution in [0.5, 0.6) is 17.2 Å². The molecule has 0 bridgehead atoms. The van der Waals surface area contributed by atoms with E-state index in [-0.39, 0.29) is 53.5 Å². The van der Waals surface area contributed by atoms with Gasteiger partial charge in [0.1, 0.15) is 23.0 Å². The van der Waals surface area contributed by atoms with Crippen LogP contribution in [0.2, 0.25) is 0 Å². The normalized spacial score (nSPS) is 24.4. The van der Waals surface area contributed by atoms with Gasteiger partial charge in [-0.2, -0.15) is 0 Å². The Hall–Kier alpha value is -8.10. The Kier molecular flexibility index (Phi) is 20.8. The van der Waals surface area contributed by atoms with Gasteiger partial charge in [-0.25, -0.2) is 0 Å². The SMILES string of the molecule is C=C(/C=C/C1=C(Oc2cccc(C3OC(CCC)CC(CC(O)CCCC4CC(CCCC5CC(CC)OC(c6cccc(O)c6)O5)OC(c5cccc(O)c5)O4)O3)c2)C(=C/C=C2/N(C)c3ccc4ccccc4c3C2(C)C)/c2ccccc21)C(C)(C)c1c(C)ccc2ccccc12. The Labute approximate surface area is 579 Å². The molecule has 13 rings (SSSR count). The van der Waals surface area contributed by atoms with Crippen LogP contribution in [-0.4, -0.2) is 65.1 Å². The Bertz CT molecular complexity index is 4310. The molecule has 10 unspecified atom stereocenters. The molecule has 8 aromatic rings. The number of likely N-dealkylation sites (N-methyl/N-ethyl adjacent to an activating group) is 1. The third-order valence-electron chi connectivity index (χ3n) is 21.1. The van der Waals surface area contributed by atoms with Crippen LogP contribution in [0, 0.1) is 6.92 Å². The summed E-state index contributed by atoms with van der Waals surface area (Å²) in [7, 11) is 2.18. The summed E-state index contributed by atoms with van der Waals surface area (Å²) >= 11 is 0. The Balaban J connectivity index is 0.723. The molecule has 10 atom stereocenters. The Morgan fingerprint density at radius 2 is 1.15 bits per heavy atom. The zero-order valence-electron chi connectivity index (χ0n) is 58.3. The number of ether oxygens (including phenoxy) is 7. The number of benzene rings is 8. The van der Waals surface area contributed by atoms with Crippen LogP contribution in [0.4, 0.5) is 5.69 Å². The van der Waals surface area contributed by atoms with E-state index >= 15 is 0 Å². The Morgan fingerprint density at radius 1 is 0.612 bits per heavy atom. The van der Waals surface area contributed by atoms with E-state index in [1.165, 1.54) is 49.6 Å². The summed E-state index contributed by atoms with van der Waals surface area (Å²) in [6.45, 7) is 20.5. The summed E-state index contributed by atoms with van der Waals surface area (Å²) in [4.78, 5) is 2.34. The fourth-order valence-electron chi connectivity index (χ4n) is 16.0. The van der Waals surface area contributed by atoms with E-state index in [0.29, 0.717) is 25.0 Å². The fourth-order valence-corrected chi connectivity index (χ4v) is 16.0. The van der Waals surface area contributed by atoms with Crippen molar-refractivity contribution in [3.63, 3.8) is 0 Å². The second-order valence-corrected chi connectivity index (χ2v) is 28.8. The molecule has 0 aromatic heterocycles. The monoisotopic (exact) mass is 1320 g/mol. The summed E-state index contributed by atoms with van der Waals surface area (Å²) in [5, 5.41) is 37.5. The number of aryl methyl sites for hydroxylation is 1. The third-order valence-corrected chi connectivity index (χ3v) is 21.1. The quantitative estimate of drug-likeness (QED) is 0.0530. The lowest BCUT2D eigenvalue weighted by Gasteiger charge is -2.38. The lowest BCUT2D eigenvalue weighted by molar-refractivity contribution is -0.255. The molecule has 11 heteroatoms. The molecule has 11 nitrogen and oxygen atoms in total. The summed E-state index contributed by atoms with van der Waals surface area (Å²) < 4.78 is 47.2. The number of allylic oxidation sites excluding steroid dienone is 8. The van der Waals surface area contributed by atoms with Crippen LogP contribution < -0.4 is 9.64 Å². The minimum atomic E-state index is -0.677. The average molecular weight is 1320 g/mol. The zero-order chi connectivity index (χ0) is 68.2. The molecular weight excluding hydrogens is 1220 g/mol. The van der Waals surface area contributed by atoms with Gasteiger partial charge in [0.05, 0.1) is 42.7 Å². The number of fused-ring (bicyclic) bond motifs is 5. The van der Waals surface area contributed by atoms with E-state index in [4.69, 9.17) is 39.7 Å². The summed E-state index contributed by atoms with van der Waals surface area (Å²) in [6.07, 6.45) is 16.1. The van der Waals surface area contributed by atoms with Crippen LogP contribution in [-0.2, 0) is 39.3 Å². The number of hydrogen-bond donors (Lipinski definition) is 3. The molecule has 3 saturated heterocycles. The first-order valence-electron chi connectivity index (χ1n) is 35.8. The molecular formula is C87H97NO10. The van der Waals surface area contributed by atoms with Crippen molar-refractivity contribution in [2.24, 2.45) is 0 Å². The van der Waals surface area contributed by atoms with E-state index in [1.807, 2.05) is 36.4 Å². The van der Waals surface area contributed by atoms with Crippen molar-refractivity contribution < 1.29 is 48.5 Å². The number of aliphatic hydroxyl groups is 1. The average Bonchev–Trinajstić information content (AvgIpc) is 1.56. The highest BCUT2D eigenvalue weighted by Gasteiger charge is 2.41. The fraction of sp³-hybridized carbons (Fsp3) is 0.379. The molecule has 3 fully saturated rings. The number of aromatic hydroxyl groups is 2. The maximum atomic E-state index is 11.9. The molecule has 3 N–H and O–H groups in total. The summed E-state index contributed by atoms with van der Waals surface area (Å²) in [5.74, 6) is 1.74. The van der Waals surface area contributed by atoms with Crippen LogP contribution in [0.25, 0.3) is 32.7 Å². The predicted octanol–water partition coefficient (Wildman–Crippen LogP) is 20.5. The number of aliphatic hydroxyl groups excluding tert-OH is 1. The molecule has 510 valence electrons. The van der Waals surface area contributed by atoms with Crippen LogP contribution in [0.15, 0.2) is 218 Å². The van der Waals surface area contributed by atoms with E-state index in [9.17, 15) is 15.3 Å². The maximum Gasteiger partial charge on any atom is 0.184 e. The van der Waals surface area contributed by atoms with E-state index in [0.717, 1.165) is 115 Å². The number of anilines is 1. The van der Waals surface area contributed by atoms with Gasteiger partial charge < -0.3 is 53.4 Å². The topological polar surface area (TPSA) is 129 Å². The largest absolute Gasteiger partial charge is 0.508 e. The smallest absolute Gasteiger partial charge is 0.184 e. The van der Waals surface area contributed by atoms with Gasteiger partial charge in [0.25, 0.3) is 0 Å². The van der Waals surface area contributed by atoms with Crippen molar-refractivity contribution >= 4 is 38.4 Å². The lowest BCUT2D eigenvalue weighted by atomic mass is 9.74. The van der Waals surface area contributed by atoms with Crippen LogP contribution in [0.3, 0.4) is 0 Å². The minimum absolute atomic E-state index is 0.00360. The van der Waals surface area contributed by atoms with Crippen molar-refractivity contribution in [1.29, 1.82) is 0 Å². The number of hydrogen-bond acceptors (Lipinski definition) is 11. The second kappa shape index (κ2) is 29.8. The molecule has 0 spiro atoms. The van der Waals surface area contributed by atoms with Gasteiger partial charge in [-0.05, 0) is 174 Å². The molecule has 4 aliphatic heterocycles. The molecule has 0 amide bonds. The van der Waals surface area contributed by atoms with E-state index in [2.05, 4.69) is 194 Å². The van der Waals surface area contributed by atoms with Crippen molar-refractivity contribution in [3.8, 4) is 17.2 Å². The molecule has 98 heavy (non-hydrogen) atoms. The predicted molar refractivity (Wildman–Crippen MR) is 393 cm³/mol. The molecule has 1 aliphatic carbocycles. The van der Waals surface area contributed by atoms with Gasteiger partial charge in [0, 0.05) is 76.4 Å². The van der Waals surface area contributed by atoms with Crippen LogP contribution in [0.1, 0.15) is 188 Å². The highest BCUT2D eigenvalue weighted by atomic mass is 16.7. The molecule has 4 heterocycles. The van der Waals surface area contributed by atoms with Gasteiger partial charge in [0.15, 0.2) is 18.9 Å². The maximum absolute atomic E-state index is 11.9. The standard InChI is InChI=1S/C87H97NO10/c1-10-23-66-54-71(51-64(91)31-21-33-69-53-70(97-84(96-69)60-27-19-30-63(90)49-60)35-22-34-68-52-65(11-2)93-83(95-68)59-26-18-29-62(89)48-59)98-85(94-66)61-28-20-32-67(50-61)92-82-76(44-41-56(4)86(5,6)80-55(3)40-42-57-24-12-14-36-72(57)80)74-38-16-17-39-75(74)77(82)45-47-79-87(7,8)81-73-37-15-13-25-58(73)43-46-78(81)88(79)9/h12-20,24-30,32,36-50,64-66,68-71,83-85,89-91H,4,10-11,21-23,31,33-35,51-54H2,1-3,5-9H3/b44-41+,77-45+,79-47+. The zero-order valence-corrected chi connectivity index (χ0v) is 58.3. The first-order valence-corrected chi connectivity index (χ1v) is 35.8. The first-order chi connectivity index (χ1) is 47.4. The summed E-state index contributed by atoms with van der Waals surface area (Å²) in [6, 6.07) is 57.2. The van der Waals surface area contributed by atoms with Crippen molar-refractivity contribution in [3.05, 3.63) is 262 Å². The van der Waals surface area contributed by atoms with E-state index < -0.39 is 30.4 Å². The Morgan fingerprint density at radius 3 is 1.81 bits per heavy atom. The molecule has 0 saturated carbocycles. The highest BCUT2D eigenvalue weighted by Crippen LogP contribution is 2.52. The molecule has 0 radical (unpaired) electrons. The molecule has 8 aromatic carbocycles. The van der Waals surface area contributed by atoms with Gasteiger partial charge in [0.2, 0.25) is 0 Å². The van der Waals surface area contributed by atoms with Crippen molar-refractivity contribution in [1.82, 2.24) is 0 Å². The van der Waals surface area contributed by atoms with Gasteiger partial charge in [-0.1, -0.05) is 194 Å². The second-order valence-electron chi connectivity index (χ2n) is 28.8. The highest BCUT2D eigenvalue weighted by molar-refractivity contribution is 6.03. The minimum Gasteiger partial charge on any atom is -0.508 e. The van der Waals surface area contributed by atoms with Gasteiger partial charge in [-0.3, -0.25) is 0 Å². The number of phenolic OH excluding ortho intramolecular Hbond substituents is 2. The van der Waals surface area contributed by atoms with E-state index in [1.54, 1.807) is 24.3 Å². The van der Waals surface area contributed by atoms with Crippen LogP contribution >= 0.6 is 0 Å².